The lowest BCUT2D eigenvalue weighted by Crippen LogP contribution is -2.20. The third-order valence-electron chi connectivity index (χ3n) is 5.54. The van der Waals surface area contributed by atoms with E-state index in [0.29, 0.717) is 5.56 Å². The minimum atomic E-state index is -2.82. The Bertz CT molecular complexity index is 1490. The minimum absolute atomic E-state index is 0.0557. The lowest BCUT2D eigenvalue weighted by Gasteiger charge is -2.10. The number of carbonyl (C=O) groups is 1. The number of nitro groups is 2. The predicted octanol–water partition coefficient (Wildman–Crippen LogP) is 5.11. The first-order chi connectivity index (χ1) is 17.1. The number of benzene rings is 2. The average Bonchev–Trinajstić information content (AvgIpc) is 3.14. The number of aromatic nitrogens is 3. The number of amides is 1. The van der Waals surface area contributed by atoms with Crippen LogP contribution in [0.25, 0.3) is 22.3 Å². The number of hydrogen-bond donors (Lipinski definition) is 1. The predicted molar refractivity (Wildman–Crippen MR) is 126 cm³/mol. The molecule has 0 spiro atoms. The normalized spacial score (nSPS) is 11.1. The van der Waals surface area contributed by atoms with Crippen molar-refractivity contribution in [2.24, 2.45) is 0 Å². The van der Waals surface area contributed by atoms with E-state index in [4.69, 9.17) is 0 Å². The highest BCUT2D eigenvalue weighted by Gasteiger charge is 2.25. The number of nitrogens with zero attached hydrogens (tertiary/aromatic N) is 5. The molecule has 11 nitrogen and oxygen atoms in total. The molecular weight excluding hydrogens is 478 g/mol. The van der Waals surface area contributed by atoms with Crippen molar-refractivity contribution in [2.45, 2.75) is 26.8 Å². The second-order valence-electron chi connectivity index (χ2n) is 7.91. The summed E-state index contributed by atoms with van der Waals surface area (Å²) < 4.78 is 29.0. The smallest absolute Gasteiger partial charge is 0.281 e. The molecule has 0 aliphatic rings. The van der Waals surface area contributed by atoms with Crippen molar-refractivity contribution in [3.63, 3.8) is 0 Å². The number of carbonyl (C=O) groups excluding carboxylic acids is 1. The summed E-state index contributed by atoms with van der Waals surface area (Å²) in [6, 6.07) is 12.0. The topological polar surface area (TPSA) is 146 Å². The van der Waals surface area contributed by atoms with Crippen LogP contribution in [0.3, 0.4) is 0 Å². The lowest BCUT2D eigenvalue weighted by molar-refractivity contribution is -0.395. The van der Waals surface area contributed by atoms with Crippen LogP contribution < -0.4 is 5.32 Å². The summed E-state index contributed by atoms with van der Waals surface area (Å²) in [5, 5.41) is 29.3. The van der Waals surface area contributed by atoms with E-state index >= 15 is 0 Å². The largest absolute Gasteiger partial charge is 0.324 e. The van der Waals surface area contributed by atoms with Gasteiger partial charge in [0, 0.05) is 23.3 Å². The van der Waals surface area contributed by atoms with Crippen molar-refractivity contribution in [1.82, 2.24) is 14.8 Å². The zero-order chi connectivity index (χ0) is 26.1. The minimum Gasteiger partial charge on any atom is -0.324 e. The molecule has 0 saturated heterocycles. The van der Waals surface area contributed by atoms with Gasteiger partial charge in [0.2, 0.25) is 5.91 Å². The van der Waals surface area contributed by atoms with Crippen LogP contribution in [-0.4, -0.2) is 30.5 Å². The molecule has 36 heavy (non-hydrogen) atoms. The monoisotopic (exact) mass is 496 g/mol. The highest BCUT2D eigenvalue weighted by molar-refractivity contribution is 5.93. The lowest BCUT2D eigenvalue weighted by atomic mass is 10.1. The van der Waals surface area contributed by atoms with Crippen molar-refractivity contribution in [1.29, 1.82) is 0 Å². The van der Waals surface area contributed by atoms with Crippen molar-refractivity contribution in [3.8, 4) is 11.3 Å². The van der Waals surface area contributed by atoms with Crippen LogP contribution in [0.1, 0.15) is 23.2 Å². The maximum absolute atomic E-state index is 13.9. The Labute approximate surface area is 201 Å². The Morgan fingerprint density at radius 2 is 1.67 bits per heavy atom. The van der Waals surface area contributed by atoms with Crippen molar-refractivity contribution in [2.75, 3.05) is 5.32 Å². The first-order valence-electron chi connectivity index (χ1n) is 10.5. The molecule has 0 unspecified atom stereocenters. The Morgan fingerprint density at radius 3 is 2.22 bits per heavy atom. The Kier molecular flexibility index (Phi) is 6.38. The molecule has 2 aromatic carbocycles. The van der Waals surface area contributed by atoms with Gasteiger partial charge in [-0.3, -0.25) is 25.0 Å². The fraction of sp³-hybridized carbons (Fsp3) is 0.174. The fourth-order valence-corrected chi connectivity index (χ4v) is 3.90. The van der Waals surface area contributed by atoms with E-state index in [0.717, 1.165) is 16.8 Å². The van der Waals surface area contributed by atoms with Crippen LogP contribution in [0.2, 0.25) is 0 Å². The molecule has 4 aromatic rings. The number of anilines is 1. The molecule has 0 atom stereocenters. The Hall–Kier alpha value is -4.81. The van der Waals surface area contributed by atoms with Gasteiger partial charge in [-0.15, -0.1) is 0 Å². The molecule has 13 heteroatoms. The number of halogens is 2. The average molecular weight is 496 g/mol. The molecule has 0 saturated carbocycles. The van der Waals surface area contributed by atoms with Gasteiger partial charge in [-0.1, -0.05) is 30.3 Å². The van der Waals surface area contributed by atoms with Crippen LogP contribution in [0, 0.1) is 34.1 Å². The zero-order valence-corrected chi connectivity index (χ0v) is 18.9. The first kappa shape index (κ1) is 24.3. The molecule has 2 heterocycles. The van der Waals surface area contributed by atoms with Gasteiger partial charge in [0.1, 0.15) is 12.1 Å². The summed E-state index contributed by atoms with van der Waals surface area (Å²) in [5.74, 6) is -0.739. The molecule has 0 aliphatic carbocycles. The summed E-state index contributed by atoms with van der Waals surface area (Å²) in [4.78, 5) is 38.2. The van der Waals surface area contributed by atoms with E-state index in [1.54, 1.807) is 30.3 Å². The van der Waals surface area contributed by atoms with Crippen molar-refractivity contribution in [3.05, 3.63) is 85.6 Å². The van der Waals surface area contributed by atoms with E-state index in [-0.39, 0.29) is 39.2 Å². The van der Waals surface area contributed by atoms with Crippen LogP contribution in [0.5, 0.6) is 0 Å². The van der Waals surface area contributed by atoms with Crippen molar-refractivity contribution >= 4 is 34.0 Å². The SMILES string of the molecule is Cc1c([N+](=O)[O-])cc(NC(=O)Cn2nc(C)c3c(C(F)F)cc(-c4ccccc4)nc32)cc1[N+](=O)[O-]. The summed E-state index contributed by atoms with van der Waals surface area (Å²) in [6.07, 6.45) is -2.82. The zero-order valence-electron chi connectivity index (χ0n) is 18.9. The molecule has 4 rings (SSSR count). The van der Waals surface area contributed by atoms with Gasteiger partial charge >= 0.3 is 0 Å². The highest BCUT2D eigenvalue weighted by Crippen LogP contribution is 2.34. The molecule has 0 aliphatic heterocycles. The number of pyridine rings is 1. The van der Waals surface area contributed by atoms with Gasteiger partial charge in [0.25, 0.3) is 17.8 Å². The van der Waals surface area contributed by atoms with Gasteiger partial charge < -0.3 is 5.32 Å². The van der Waals surface area contributed by atoms with E-state index in [2.05, 4.69) is 15.4 Å². The number of hydrogen-bond acceptors (Lipinski definition) is 7. The van der Waals surface area contributed by atoms with Gasteiger partial charge in [-0.2, -0.15) is 5.10 Å². The van der Waals surface area contributed by atoms with E-state index in [1.165, 1.54) is 19.9 Å². The van der Waals surface area contributed by atoms with Crippen LogP contribution in [0.4, 0.5) is 25.8 Å². The maximum atomic E-state index is 13.9. The number of rotatable bonds is 7. The summed E-state index contributed by atoms with van der Waals surface area (Å²) in [5.41, 5.74) is -0.515. The van der Waals surface area contributed by atoms with Crippen LogP contribution in [0.15, 0.2) is 48.5 Å². The maximum Gasteiger partial charge on any atom is 0.281 e. The van der Waals surface area contributed by atoms with Gasteiger partial charge in [-0.25, -0.2) is 18.4 Å². The molecule has 0 radical (unpaired) electrons. The van der Waals surface area contributed by atoms with Crippen LogP contribution >= 0.6 is 0 Å². The number of nitro benzene ring substituents is 2. The van der Waals surface area contributed by atoms with E-state index in [9.17, 15) is 33.8 Å². The molecule has 0 fully saturated rings. The molecule has 0 bridgehead atoms. The molecule has 2 aromatic heterocycles. The molecule has 184 valence electrons. The second-order valence-corrected chi connectivity index (χ2v) is 7.91. The van der Waals surface area contributed by atoms with Gasteiger partial charge in [-0.05, 0) is 19.9 Å². The fourth-order valence-electron chi connectivity index (χ4n) is 3.90. The van der Waals surface area contributed by atoms with Crippen LogP contribution in [-0.2, 0) is 11.3 Å². The number of alkyl halides is 2. The Morgan fingerprint density at radius 1 is 1.06 bits per heavy atom. The van der Waals surface area contributed by atoms with E-state index < -0.39 is 40.1 Å². The van der Waals surface area contributed by atoms with Crippen molar-refractivity contribution < 1.29 is 23.4 Å². The standard InChI is InChI=1S/C23H18F2N6O5/c1-12-18(30(33)34)8-15(9-19(12)31(35)36)26-20(32)11-29-23-21(13(2)28-29)16(22(24)25)10-17(27-23)14-6-4-3-5-7-14/h3-10,22H,11H2,1-2H3,(H,26,32). The summed E-state index contributed by atoms with van der Waals surface area (Å²) >= 11 is 0. The highest BCUT2D eigenvalue weighted by atomic mass is 19.3. The Balaban J connectivity index is 1.73. The second kappa shape index (κ2) is 9.44. The number of fused-ring (bicyclic) bond motifs is 1. The number of aryl methyl sites for hydroxylation is 1. The quantitative estimate of drug-likeness (QED) is 0.276. The molecular formula is C23H18F2N6O5. The molecule has 1 amide bonds. The van der Waals surface area contributed by atoms with E-state index in [1.807, 2.05) is 0 Å². The first-order valence-corrected chi connectivity index (χ1v) is 10.5. The molecule has 1 N–H and O–H groups in total. The number of nitrogens with one attached hydrogen (secondary N) is 1. The third-order valence-corrected chi connectivity index (χ3v) is 5.54. The summed E-state index contributed by atoms with van der Waals surface area (Å²) in [7, 11) is 0. The van der Waals surface area contributed by atoms with Gasteiger partial charge in [0.15, 0.2) is 5.65 Å². The van der Waals surface area contributed by atoms with Gasteiger partial charge in [0.05, 0.1) is 32.3 Å². The third kappa shape index (κ3) is 4.58. The summed E-state index contributed by atoms with van der Waals surface area (Å²) in [6.45, 7) is 2.27.